The molecule has 0 aliphatic rings. The van der Waals surface area contributed by atoms with Crippen molar-refractivity contribution < 1.29 is 9.47 Å². The molecular weight excluding hydrogens is 526 g/mol. The molecule has 0 aromatic heterocycles. The summed E-state index contributed by atoms with van der Waals surface area (Å²) in [5, 5.41) is 3.43. The molecule has 0 saturated carbocycles. The van der Waals surface area contributed by atoms with Crippen molar-refractivity contribution in [3.8, 4) is 0 Å². The van der Waals surface area contributed by atoms with E-state index in [4.69, 9.17) is 9.47 Å². The van der Waals surface area contributed by atoms with Crippen LogP contribution in [0.2, 0.25) is 0 Å². The Bertz CT molecular complexity index is 558. The highest BCUT2D eigenvalue weighted by Gasteiger charge is 1.95. The second-order valence-corrected chi connectivity index (χ2v) is 12.1. The van der Waals surface area contributed by atoms with Crippen LogP contribution in [0.25, 0.3) is 0 Å². The fourth-order valence-corrected chi connectivity index (χ4v) is 5.00. The number of hydrogen-bond donors (Lipinski definition) is 1. The highest BCUT2D eigenvalue weighted by Crippen LogP contribution is 2.09. The van der Waals surface area contributed by atoms with Crippen molar-refractivity contribution in [1.82, 2.24) is 5.32 Å². The Hall–Kier alpha value is -1.16. The molecule has 0 unspecified atom stereocenters. The third-order valence-electron chi connectivity index (χ3n) is 7.82. The van der Waals surface area contributed by atoms with E-state index in [0.29, 0.717) is 0 Å². The first-order valence-electron chi connectivity index (χ1n) is 18.9. The zero-order valence-electron chi connectivity index (χ0n) is 29.1. The normalized spacial score (nSPS) is 12.3. The fraction of sp³-hybridized carbons (Fsp3) is 0.800. The van der Waals surface area contributed by atoms with Gasteiger partial charge in [-0.2, -0.15) is 0 Å². The van der Waals surface area contributed by atoms with Gasteiger partial charge in [0.1, 0.15) is 0 Å². The van der Waals surface area contributed by atoms with E-state index in [0.717, 1.165) is 52.4 Å². The average Bonchev–Trinajstić information content (AvgIpc) is 3.02. The lowest BCUT2D eigenvalue weighted by molar-refractivity contribution is 0.117. The smallest absolute Gasteiger partial charge is 0.0590 e. The van der Waals surface area contributed by atoms with E-state index in [1.165, 1.54) is 141 Å². The number of ether oxygens (including phenoxy) is 2. The minimum absolute atomic E-state index is 0.812. The van der Waals surface area contributed by atoms with Gasteiger partial charge < -0.3 is 14.8 Å². The second-order valence-electron chi connectivity index (χ2n) is 12.1. The lowest BCUT2D eigenvalue weighted by Gasteiger charge is -2.07. The van der Waals surface area contributed by atoms with Crippen molar-refractivity contribution >= 4 is 0 Å². The summed E-state index contributed by atoms with van der Waals surface area (Å²) >= 11 is 0. The first kappa shape index (κ1) is 41.8. The largest absolute Gasteiger partial charge is 0.380 e. The topological polar surface area (TPSA) is 30.5 Å². The van der Waals surface area contributed by atoms with Gasteiger partial charge in [-0.1, -0.05) is 140 Å². The van der Waals surface area contributed by atoms with Gasteiger partial charge in [-0.25, -0.2) is 0 Å². The van der Waals surface area contributed by atoms with Crippen molar-refractivity contribution in [1.29, 1.82) is 0 Å². The van der Waals surface area contributed by atoms with Crippen LogP contribution in [-0.2, 0) is 9.47 Å². The summed E-state index contributed by atoms with van der Waals surface area (Å²) < 4.78 is 11.5. The van der Waals surface area contributed by atoms with Gasteiger partial charge in [0.15, 0.2) is 0 Å². The number of allylic oxidation sites excluding steroid dienone is 8. The summed E-state index contributed by atoms with van der Waals surface area (Å²) in [7, 11) is 0. The summed E-state index contributed by atoms with van der Waals surface area (Å²) in [4.78, 5) is 0. The molecule has 0 fully saturated rings. The quantitative estimate of drug-likeness (QED) is 0.0572. The number of hydrogen-bond acceptors (Lipinski definition) is 3. The van der Waals surface area contributed by atoms with Gasteiger partial charge in [-0.3, -0.25) is 0 Å². The summed E-state index contributed by atoms with van der Waals surface area (Å²) in [6, 6.07) is 0. The third-order valence-corrected chi connectivity index (χ3v) is 7.82. The predicted molar refractivity (Wildman–Crippen MR) is 193 cm³/mol. The Kier molecular flexibility index (Phi) is 39.7. The molecule has 3 heteroatoms. The van der Waals surface area contributed by atoms with Gasteiger partial charge in [-0.15, -0.1) is 0 Å². The molecule has 0 atom stereocenters. The minimum atomic E-state index is 0.812. The van der Waals surface area contributed by atoms with Crippen molar-refractivity contribution in [2.24, 2.45) is 0 Å². The van der Waals surface area contributed by atoms with E-state index < -0.39 is 0 Å². The van der Waals surface area contributed by atoms with E-state index in [-0.39, 0.29) is 0 Å². The molecule has 0 aliphatic heterocycles. The van der Waals surface area contributed by atoms with Crippen molar-refractivity contribution in [2.75, 3.05) is 39.5 Å². The first-order valence-corrected chi connectivity index (χ1v) is 18.9. The standard InChI is InChI=1S/C40H75NO2/c1-3-5-7-9-11-13-15-17-19-21-23-25-27-29-31-33-37-42-39-35-41-36-40-43-38-34-32-30-28-26-24-22-20-18-16-14-12-10-8-6-4-2/h11-14,17-20,41H,3-10,15-16,21-40H2,1-2H3/b13-11+,14-12+,19-17+,20-18+. The Morgan fingerprint density at radius 1 is 0.349 bits per heavy atom. The Labute approximate surface area is 270 Å². The molecule has 0 aromatic rings. The molecule has 1 N–H and O–H groups in total. The number of unbranched alkanes of at least 4 members (excludes halogenated alkanes) is 18. The van der Waals surface area contributed by atoms with Gasteiger partial charge in [0.25, 0.3) is 0 Å². The van der Waals surface area contributed by atoms with Gasteiger partial charge in [0.05, 0.1) is 13.2 Å². The lowest BCUT2D eigenvalue weighted by atomic mass is 10.1. The third kappa shape index (κ3) is 40.8. The highest BCUT2D eigenvalue weighted by atomic mass is 16.5. The first-order chi connectivity index (χ1) is 21.4. The SMILES string of the molecule is CCCCC/C=C/C/C=C/CCCCCCCCOCCNCCOCCCCCCCC/C=C/C/C=C/CCCCC. The molecule has 0 spiro atoms. The highest BCUT2D eigenvalue weighted by molar-refractivity contribution is 4.93. The molecule has 0 saturated heterocycles. The molecule has 0 amide bonds. The molecule has 0 aliphatic carbocycles. The lowest BCUT2D eigenvalue weighted by Crippen LogP contribution is -2.24. The van der Waals surface area contributed by atoms with Crippen molar-refractivity contribution in [3.63, 3.8) is 0 Å². The average molecular weight is 602 g/mol. The van der Waals surface area contributed by atoms with E-state index in [2.05, 4.69) is 67.8 Å². The molecule has 0 aromatic carbocycles. The van der Waals surface area contributed by atoms with E-state index in [1.807, 2.05) is 0 Å². The maximum absolute atomic E-state index is 5.77. The van der Waals surface area contributed by atoms with Crippen LogP contribution < -0.4 is 5.32 Å². The predicted octanol–water partition coefficient (Wildman–Crippen LogP) is 12.2. The van der Waals surface area contributed by atoms with Crippen LogP contribution in [0.4, 0.5) is 0 Å². The second kappa shape index (κ2) is 40.8. The Balaban J connectivity index is 3.14. The maximum Gasteiger partial charge on any atom is 0.0590 e. The van der Waals surface area contributed by atoms with Crippen LogP contribution in [0, 0.1) is 0 Å². The Morgan fingerprint density at radius 3 is 1.05 bits per heavy atom. The zero-order valence-corrected chi connectivity index (χ0v) is 29.1. The maximum atomic E-state index is 5.77. The summed E-state index contributed by atoms with van der Waals surface area (Å²) in [5.74, 6) is 0. The molecule has 3 nitrogen and oxygen atoms in total. The van der Waals surface area contributed by atoms with E-state index in [9.17, 15) is 0 Å². The van der Waals surface area contributed by atoms with Crippen LogP contribution in [-0.4, -0.2) is 39.5 Å². The molecule has 252 valence electrons. The van der Waals surface area contributed by atoms with Crippen LogP contribution in [0.15, 0.2) is 48.6 Å². The monoisotopic (exact) mass is 602 g/mol. The molecule has 0 rings (SSSR count). The fourth-order valence-electron chi connectivity index (χ4n) is 5.00. The zero-order chi connectivity index (χ0) is 31.0. The molecule has 0 heterocycles. The van der Waals surface area contributed by atoms with E-state index in [1.54, 1.807) is 0 Å². The molecule has 43 heavy (non-hydrogen) atoms. The molecular formula is C40H75NO2. The van der Waals surface area contributed by atoms with Gasteiger partial charge in [0.2, 0.25) is 0 Å². The Morgan fingerprint density at radius 2 is 0.674 bits per heavy atom. The summed E-state index contributed by atoms with van der Waals surface area (Å²) in [6.07, 6.45) is 49.7. The van der Waals surface area contributed by atoms with Gasteiger partial charge in [-0.05, 0) is 77.0 Å². The minimum Gasteiger partial charge on any atom is -0.380 e. The summed E-state index contributed by atoms with van der Waals surface area (Å²) in [5.41, 5.74) is 0. The molecule has 0 bridgehead atoms. The van der Waals surface area contributed by atoms with Crippen LogP contribution >= 0.6 is 0 Å². The van der Waals surface area contributed by atoms with Crippen LogP contribution in [0.1, 0.15) is 168 Å². The number of rotatable bonds is 36. The van der Waals surface area contributed by atoms with Crippen molar-refractivity contribution in [3.05, 3.63) is 48.6 Å². The van der Waals surface area contributed by atoms with Crippen molar-refractivity contribution in [2.45, 2.75) is 168 Å². The van der Waals surface area contributed by atoms with Crippen LogP contribution in [0.5, 0.6) is 0 Å². The number of nitrogens with one attached hydrogen (secondary N) is 1. The van der Waals surface area contributed by atoms with Gasteiger partial charge >= 0.3 is 0 Å². The summed E-state index contributed by atoms with van der Waals surface area (Å²) in [6.45, 7) is 9.81. The van der Waals surface area contributed by atoms with E-state index >= 15 is 0 Å². The van der Waals surface area contributed by atoms with Gasteiger partial charge in [0, 0.05) is 26.3 Å². The van der Waals surface area contributed by atoms with Crippen LogP contribution in [0.3, 0.4) is 0 Å². The molecule has 0 radical (unpaired) electrons.